The number of benzene rings is 1. The molecule has 1 aromatic carbocycles. The van der Waals surface area contributed by atoms with E-state index in [-0.39, 0.29) is 0 Å². The van der Waals surface area contributed by atoms with Crippen molar-refractivity contribution in [3.05, 3.63) is 82.4 Å². The Morgan fingerprint density at radius 1 is 0.611 bits per heavy atom. The zero-order chi connectivity index (χ0) is 24.8. The number of hydrogen-bond acceptors (Lipinski definition) is 4. The summed E-state index contributed by atoms with van der Waals surface area (Å²) in [5.74, 6) is 1.47. The third-order valence-electron chi connectivity index (χ3n) is 6.77. The molecule has 0 unspecified atom stereocenters. The highest BCUT2D eigenvalue weighted by Crippen LogP contribution is 2.39. The van der Waals surface area contributed by atoms with Crippen molar-refractivity contribution in [2.75, 3.05) is 14.2 Å². The van der Waals surface area contributed by atoms with E-state index < -0.39 is 0 Å². The van der Waals surface area contributed by atoms with Crippen molar-refractivity contribution in [1.82, 2.24) is 19.9 Å². The molecule has 0 atom stereocenters. The molecule has 6 nitrogen and oxygen atoms in total. The van der Waals surface area contributed by atoms with E-state index >= 15 is 0 Å². The Hall–Kier alpha value is -4.58. The van der Waals surface area contributed by atoms with Crippen molar-refractivity contribution in [2.45, 2.75) is 13.8 Å². The van der Waals surface area contributed by atoms with Crippen molar-refractivity contribution in [3.8, 4) is 22.6 Å². The molecule has 8 bridgehead atoms. The van der Waals surface area contributed by atoms with Gasteiger partial charge in [-0.15, -0.1) is 0 Å². The van der Waals surface area contributed by atoms with E-state index in [4.69, 9.17) is 19.4 Å². The fraction of sp³-hybridized carbons (Fsp3) is 0.133. The van der Waals surface area contributed by atoms with Gasteiger partial charge in [-0.1, -0.05) is 0 Å². The van der Waals surface area contributed by atoms with Crippen LogP contribution in [0.5, 0.6) is 11.5 Å². The average molecular weight is 475 g/mol. The van der Waals surface area contributed by atoms with Crippen LogP contribution in [0, 0.1) is 13.8 Å². The summed E-state index contributed by atoms with van der Waals surface area (Å²) >= 11 is 0. The Morgan fingerprint density at radius 3 is 1.69 bits per heavy atom. The van der Waals surface area contributed by atoms with Gasteiger partial charge < -0.3 is 19.4 Å². The first-order valence-electron chi connectivity index (χ1n) is 11.8. The van der Waals surface area contributed by atoms with Crippen LogP contribution in [-0.2, 0) is 0 Å². The van der Waals surface area contributed by atoms with Crippen LogP contribution in [0.3, 0.4) is 0 Å². The molecule has 0 saturated heterocycles. The molecular weight excluding hydrogens is 448 g/mol. The number of ether oxygens (including phenoxy) is 2. The molecule has 2 aliphatic heterocycles. The molecule has 0 saturated carbocycles. The molecule has 2 N–H and O–H groups in total. The summed E-state index contributed by atoms with van der Waals surface area (Å²) < 4.78 is 11.3. The zero-order valence-electron chi connectivity index (χ0n) is 20.6. The van der Waals surface area contributed by atoms with E-state index in [0.717, 1.165) is 78.6 Å². The second-order valence-electron chi connectivity index (χ2n) is 8.92. The fourth-order valence-electron chi connectivity index (χ4n) is 4.71. The summed E-state index contributed by atoms with van der Waals surface area (Å²) in [5.41, 5.74) is 11.5. The predicted molar refractivity (Wildman–Crippen MR) is 147 cm³/mol. The number of aromatic nitrogens is 4. The third kappa shape index (κ3) is 3.67. The lowest BCUT2D eigenvalue weighted by Crippen LogP contribution is -1.95. The Balaban J connectivity index is 1.78. The number of nitrogens with one attached hydrogen (secondary N) is 2. The van der Waals surface area contributed by atoms with Crippen molar-refractivity contribution in [3.63, 3.8) is 0 Å². The molecule has 4 aromatic rings. The van der Waals surface area contributed by atoms with Crippen LogP contribution in [0.2, 0.25) is 0 Å². The first-order valence-corrected chi connectivity index (χ1v) is 11.8. The van der Waals surface area contributed by atoms with E-state index in [9.17, 15) is 0 Å². The van der Waals surface area contributed by atoms with Crippen molar-refractivity contribution >= 4 is 46.4 Å². The van der Waals surface area contributed by atoms with Crippen LogP contribution >= 0.6 is 0 Å². The first-order chi connectivity index (χ1) is 17.5. The number of aromatic amines is 2. The Kier molecular flexibility index (Phi) is 5.22. The molecule has 178 valence electrons. The number of H-pyrrole nitrogens is 2. The van der Waals surface area contributed by atoms with E-state index in [1.54, 1.807) is 14.2 Å². The Bertz CT molecular complexity index is 1640. The lowest BCUT2D eigenvalue weighted by Gasteiger charge is -2.12. The summed E-state index contributed by atoms with van der Waals surface area (Å²) in [7, 11) is 3.34. The van der Waals surface area contributed by atoms with Crippen molar-refractivity contribution in [1.29, 1.82) is 0 Å². The van der Waals surface area contributed by atoms with Gasteiger partial charge in [0, 0.05) is 33.2 Å². The van der Waals surface area contributed by atoms with Gasteiger partial charge in [-0.3, -0.25) is 0 Å². The number of hydrogen-bond donors (Lipinski definition) is 2. The molecule has 0 fully saturated rings. The van der Waals surface area contributed by atoms with Crippen LogP contribution in [-0.4, -0.2) is 34.2 Å². The van der Waals surface area contributed by atoms with Crippen LogP contribution in [0.25, 0.3) is 57.5 Å². The summed E-state index contributed by atoms with van der Waals surface area (Å²) in [5, 5.41) is 0. The van der Waals surface area contributed by atoms with E-state index in [1.807, 2.05) is 30.4 Å². The monoisotopic (exact) mass is 474 g/mol. The van der Waals surface area contributed by atoms with Gasteiger partial charge in [0.05, 0.1) is 37.0 Å². The maximum atomic E-state index is 5.76. The lowest BCUT2D eigenvalue weighted by molar-refractivity contribution is 0.404. The average Bonchev–Trinajstić information content (AvgIpc) is 3.71. The second-order valence-corrected chi connectivity index (χ2v) is 8.92. The van der Waals surface area contributed by atoms with Crippen LogP contribution in [0.15, 0.2) is 48.5 Å². The van der Waals surface area contributed by atoms with Gasteiger partial charge in [0.1, 0.15) is 11.5 Å². The molecule has 5 heterocycles. The Morgan fingerprint density at radius 2 is 1.17 bits per heavy atom. The molecular formula is C30H26N4O2. The molecule has 6 heteroatoms. The highest BCUT2D eigenvalue weighted by molar-refractivity contribution is 5.92. The summed E-state index contributed by atoms with van der Waals surface area (Å²) in [6.07, 6.45) is 8.20. The van der Waals surface area contributed by atoms with Gasteiger partial charge in [0.25, 0.3) is 0 Å². The van der Waals surface area contributed by atoms with Gasteiger partial charge >= 0.3 is 0 Å². The van der Waals surface area contributed by atoms with Crippen molar-refractivity contribution < 1.29 is 9.47 Å². The van der Waals surface area contributed by atoms with Crippen LogP contribution in [0.1, 0.15) is 33.9 Å². The lowest BCUT2D eigenvalue weighted by atomic mass is 10.0. The van der Waals surface area contributed by atoms with E-state index in [0.29, 0.717) is 0 Å². The van der Waals surface area contributed by atoms with Crippen LogP contribution < -0.4 is 9.47 Å². The minimum Gasteiger partial charge on any atom is -0.497 e. The van der Waals surface area contributed by atoms with E-state index in [2.05, 4.69) is 66.3 Å². The largest absolute Gasteiger partial charge is 0.497 e. The van der Waals surface area contributed by atoms with Crippen molar-refractivity contribution in [2.24, 2.45) is 0 Å². The summed E-state index contributed by atoms with van der Waals surface area (Å²) in [6, 6.07) is 16.2. The quantitative estimate of drug-likeness (QED) is 0.291. The first kappa shape index (κ1) is 21.9. The van der Waals surface area contributed by atoms with Gasteiger partial charge in [-0.25, -0.2) is 9.97 Å². The molecule has 2 aliphatic rings. The molecule has 0 radical (unpaired) electrons. The number of aryl methyl sites for hydroxylation is 2. The third-order valence-corrected chi connectivity index (χ3v) is 6.77. The second kappa shape index (κ2) is 8.57. The number of rotatable bonds is 3. The summed E-state index contributed by atoms with van der Waals surface area (Å²) in [6.45, 7) is 4.17. The number of methoxy groups -OCH3 is 2. The predicted octanol–water partition coefficient (Wildman–Crippen LogP) is 6.96. The Labute approximate surface area is 209 Å². The highest BCUT2D eigenvalue weighted by atomic mass is 16.5. The fourth-order valence-corrected chi connectivity index (χ4v) is 4.71. The smallest absolute Gasteiger partial charge is 0.127 e. The van der Waals surface area contributed by atoms with Gasteiger partial charge in [-0.05, 0) is 97.8 Å². The standard InChI is InChI=1S/C30H26N4O2/c1-17-23-8-5-19(31-23)15-20-6-9-24(32-20)18(2)26-11-13-28(34-26)30(27-12-10-25(17)33-27)22-16-21(35-3)7-14-29(22)36-4/h5-16,31-32H,1-4H3. The topological polar surface area (TPSA) is 75.8 Å². The minimum atomic E-state index is 0.731. The molecule has 0 amide bonds. The number of nitrogens with zero attached hydrogens (tertiary/aromatic N) is 2. The molecule has 0 spiro atoms. The number of fused-ring (bicyclic) bond motifs is 8. The molecule has 6 rings (SSSR count). The molecule has 3 aromatic heterocycles. The highest BCUT2D eigenvalue weighted by Gasteiger charge is 2.19. The molecule has 0 aliphatic carbocycles. The molecule has 36 heavy (non-hydrogen) atoms. The van der Waals surface area contributed by atoms with Gasteiger partial charge in [-0.2, -0.15) is 0 Å². The van der Waals surface area contributed by atoms with Gasteiger partial charge in [0.15, 0.2) is 0 Å². The van der Waals surface area contributed by atoms with Gasteiger partial charge in [0.2, 0.25) is 0 Å². The summed E-state index contributed by atoms with van der Waals surface area (Å²) in [4.78, 5) is 17.1. The maximum Gasteiger partial charge on any atom is 0.127 e. The SMILES string of the molecule is COc1ccc(OC)c(-c2c3nc(c(C)c4ccc(cc5ccc([nH]5)c(C)c5nc2C=C5)[nH]4)C=C3)c1. The maximum absolute atomic E-state index is 5.76. The normalized spacial score (nSPS) is 12.2. The zero-order valence-corrected chi connectivity index (χ0v) is 20.6. The van der Waals surface area contributed by atoms with E-state index in [1.165, 1.54) is 0 Å². The minimum absolute atomic E-state index is 0.731. The van der Waals surface area contributed by atoms with Crippen LogP contribution in [0.4, 0.5) is 0 Å².